The Morgan fingerprint density at radius 2 is 2.00 bits per heavy atom. The molecule has 17 heavy (non-hydrogen) atoms. The molecule has 1 fully saturated rings. The summed E-state index contributed by atoms with van der Waals surface area (Å²) in [4.78, 5) is 2.35. The van der Waals surface area contributed by atoms with E-state index in [1.165, 1.54) is 6.07 Å². The van der Waals surface area contributed by atoms with E-state index in [1.807, 2.05) is 0 Å². The van der Waals surface area contributed by atoms with Gasteiger partial charge in [0, 0.05) is 37.8 Å². The maximum absolute atomic E-state index is 9.91. The van der Waals surface area contributed by atoms with Crippen LogP contribution in [0.1, 0.15) is 24.9 Å². The van der Waals surface area contributed by atoms with Crippen molar-refractivity contribution >= 4 is 0 Å². The molecule has 2 rings (SSSR count). The molecule has 1 atom stereocenters. The number of benzene rings is 1. The van der Waals surface area contributed by atoms with Crippen molar-refractivity contribution in [1.29, 1.82) is 0 Å². The van der Waals surface area contributed by atoms with Gasteiger partial charge in [-0.25, -0.2) is 0 Å². The number of piperazine rings is 1. The smallest absolute Gasteiger partial charge is 0.120 e. The highest BCUT2D eigenvalue weighted by Gasteiger charge is 2.23. The lowest BCUT2D eigenvalue weighted by Crippen LogP contribution is -2.45. The first-order valence-electron chi connectivity index (χ1n) is 6.19. The van der Waals surface area contributed by atoms with Crippen LogP contribution in [0, 0.1) is 0 Å². The molecule has 1 aromatic rings. The quantitative estimate of drug-likeness (QED) is 0.695. The van der Waals surface area contributed by atoms with Crippen LogP contribution in [0.4, 0.5) is 0 Å². The summed E-state index contributed by atoms with van der Waals surface area (Å²) >= 11 is 0. The minimum absolute atomic E-state index is 0.184. The molecule has 0 aromatic heterocycles. The summed E-state index contributed by atoms with van der Waals surface area (Å²) in [6, 6.07) is 4.94. The van der Waals surface area contributed by atoms with Crippen molar-refractivity contribution in [2.24, 2.45) is 0 Å². The Bertz CT molecular complexity index is 376. The highest BCUT2D eigenvalue weighted by Crippen LogP contribution is 2.33. The molecule has 94 valence electrons. The lowest BCUT2D eigenvalue weighted by Gasteiger charge is -2.35. The van der Waals surface area contributed by atoms with Gasteiger partial charge in [-0.1, -0.05) is 6.92 Å². The Morgan fingerprint density at radius 1 is 1.29 bits per heavy atom. The number of hydrogen-bond donors (Lipinski definition) is 3. The lowest BCUT2D eigenvalue weighted by molar-refractivity contribution is 0.166. The van der Waals surface area contributed by atoms with Crippen molar-refractivity contribution in [3.8, 4) is 11.5 Å². The maximum Gasteiger partial charge on any atom is 0.120 e. The number of phenolic OH excluding ortho intramolecular Hbond substituents is 2. The number of rotatable bonds is 3. The maximum atomic E-state index is 9.91. The second kappa shape index (κ2) is 5.38. The zero-order valence-corrected chi connectivity index (χ0v) is 10.2. The molecule has 1 aromatic carbocycles. The molecule has 4 heteroatoms. The minimum Gasteiger partial charge on any atom is -0.508 e. The van der Waals surface area contributed by atoms with E-state index in [0.717, 1.165) is 38.2 Å². The first-order valence-corrected chi connectivity index (χ1v) is 6.19. The van der Waals surface area contributed by atoms with Crippen LogP contribution < -0.4 is 5.32 Å². The van der Waals surface area contributed by atoms with Gasteiger partial charge in [-0.15, -0.1) is 0 Å². The van der Waals surface area contributed by atoms with Gasteiger partial charge in [-0.05, 0) is 24.6 Å². The molecular weight excluding hydrogens is 216 g/mol. The lowest BCUT2D eigenvalue weighted by atomic mass is 10.0. The predicted octanol–water partition coefficient (Wildman–Crippen LogP) is 1.45. The number of aromatic hydroxyl groups is 2. The third-order valence-corrected chi connectivity index (χ3v) is 3.35. The van der Waals surface area contributed by atoms with E-state index in [1.54, 1.807) is 12.1 Å². The van der Waals surface area contributed by atoms with Crippen molar-refractivity contribution < 1.29 is 10.2 Å². The molecule has 3 N–H and O–H groups in total. The van der Waals surface area contributed by atoms with Crippen LogP contribution in [-0.2, 0) is 0 Å². The monoisotopic (exact) mass is 236 g/mol. The first-order chi connectivity index (χ1) is 8.22. The molecule has 0 aliphatic carbocycles. The zero-order chi connectivity index (χ0) is 12.3. The predicted molar refractivity (Wildman–Crippen MR) is 67.2 cm³/mol. The molecule has 0 unspecified atom stereocenters. The van der Waals surface area contributed by atoms with E-state index >= 15 is 0 Å². The third-order valence-electron chi connectivity index (χ3n) is 3.35. The zero-order valence-electron chi connectivity index (χ0n) is 10.2. The van der Waals surface area contributed by atoms with Gasteiger partial charge in [-0.2, -0.15) is 0 Å². The minimum atomic E-state index is 0.184. The van der Waals surface area contributed by atoms with Crippen LogP contribution >= 0.6 is 0 Å². The summed E-state index contributed by atoms with van der Waals surface area (Å²) in [5.74, 6) is 0.486. The van der Waals surface area contributed by atoms with E-state index in [2.05, 4.69) is 17.1 Å². The Hall–Kier alpha value is -1.26. The van der Waals surface area contributed by atoms with Crippen molar-refractivity contribution in [2.45, 2.75) is 19.4 Å². The van der Waals surface area contributed by atoms with E-state index in [0.29, 0.717) is 0 Å². The fourth-order valence-electron chi connectivity index (χ4n) is 2.48. The molecule has 0 spiro atoms. The standard InChI is InChI=1S/C13H20N2O2/c1-2-12(15-7-5-14-6-8-15)11-9-10(16)3-4-13(11)17/h3-4,9,12,14,16-17H,2,5-8H2,1H3/t12-/m0/s1. The van der Waals surface area contributed by atoms with E-state index in [-0.39, 0.29) is 17.5 Å². The molecular formula is C13H20N2O2. The highest BCUT2D eigenvalue weighted by molar-refractivity contribution is 5.40. The normalized spacial score (nSPS) is 19.1. The fraction of sp³-hybridized carbons (Fsp3) is 0.538. The molecule has 4 nitrogen and oxygen atoms in total. The molecule has 1 aliphatic rings. The van der Waals surface area contributed by atoms with Crippen molar-refractivity contribution in [3.63, 3.8) is 0 Å². The van der Waals surface area contributed by atoms with Crippen LogP contribution in [0.15, 0.2) is 18.2 Å². The van der Waals surface area contributed by atoms with Crippen LogP contribution in [0.2, 0.25) is 0 Å². The summed E-state index contributed by atoms with van der Waals surface area (Å²) in [6.45, 7) is 6.03. The van der Waals surface area contributed by atoms with Crippen LogP contribution in [0.25, 0.3) is 0 Å². The number of phenols is 2. The molecule has 1 aliphatic heterocycles. The average Bonchev–Trinajstić information content (AvgIpc) is 2.36. The van der Waals surface area contributed by atoms with Gasteiger partial charge in [-0.3, -0.25) is 4.90 Å². The Kier molecular flexibility index (Phi) is 3.86. The highest BCUT2D eigenvalue weighted by atomic mass is 16.3. The van der Waals surface area contributed by atoms with Gasteiger partial charge in [0.1, 0.15) is 11.5 Å². The summed E-state index contributed by atoms with van der Waals surface area (Å²) in [6.07, 6.45) is 0.928. The van der Waals surface area contributed by atoms with Crippen molar-refractivity contribution in [3.05, 3.63) is 23.8 Å². The summed E-state index contributed by atoms with van der Waals surface area (Å²) in [7, 11) is 0. The molecule has 1 heterocycles. The largest absolute Gasteiger partial charge is 0.508 e. The summed E-state index contributed by atoms with van der Waals surface area (Å²) < 4.78 is 0. The van der Waals surface area contributed by atoms with Gasteiger partial charge >= 0.3 is 0 Å². The van der Waals surface area contributed by atoms with Crippen LogP contribution in [0.5, 0.6) is 11.5 Å². The molecule has 0 amide bonds. The topological polar surface area (TPSA) is 55.7 Å². The SMILES string of the molecule is CC[C@@H](c1cc(O)ccc1O)N1CCNCC1. The van der Waals surface area contributed by atoms with Gasteiger partial charge in [0.05, 0.1) is 0 Å². The van der Waals surface area contributed by atoms with Crippen LogP contribution in [0.3, 0.4) is 0 Å². The summed E-state index contributed by atoms with van der Waals surface area (Å²) in [5, 5.41) is 22.8. The Morgan fingerprint density at radius 3 is 2.65 bits per heavy atom. The Labute approximate surface area is 102 Å². The molecule has 0 saturated carbocycles. The van der Waals surface area contributed by atoms with Gasteiger partial charge in [0.25, 0.3) is 0 Å². The molecule has 0 bridgehead atoms. The second-order valence-electron chi connectivity index (χ2n) is 4.45. The molecule has 0 radical (unpaired) electrons. The number of nitrogens with zero attached hydrogens (tertiary/aromatic N) is 1. The number of hydrogen-bond acceptors (Lipinski definition) is 4. The average molecular weight is 236 g/mol. The fourth-order valence-corrected chi connectivity index (χ4v) is 2.48. The number of nitrogens with one attached hydrogen (secondary N) is 1. The van der Waals surface area contributed by atoms with Crippen molar-refractivity contribution in [2.75, 3.05) is 26.2 Å². The third kappa shape index (κ3) is 2.70. The van der Waals surface area contributed by atoms with Gasteiger partial charge in [0.2, 0.25) is 0 Å². The summed E-state index contributed by atoms with van der Waals surface area (Å²) in [5.41, 5.74) is 0.828. The van der Waals surface area contributed by atoms with E-state index in [4.69, 9.17) is 0 Å². The first kappa shape index (κ1) is 12.2. The van der Waals surface area contributed by atoms with E-state index in [9.17, 15) is 10.2 Å². The Balaban J connectivity index is 2.24. The second-order valence-corrected chi connectivity index (χ2v) is 4.45. The van der Waals surface area contributed by atoms with Crippen LogP contribution in [-0.4, -0.2) is 41.3 Å². The van der Waals surface area contributed by atoms with Gasteiger partial charge < -0.3 is 15.5 Å². The molecule has 1 saturated heterocycles. The van der Waals surface area contributed by atoms with E-state index < -0.39 is 0 Å². The van der Waals surface area contributed by atoms with Crippen molar-refractivity contribution in [1.82, 2.24) is 10.2 Å². The van der Waals surface area contributed by atoms with Gasteiger partial charge in [0.15, 0.2) is 0 Å².